The van der Waals surface area contributed by atoms with E-state index in [-0.39, 0.29) is 23.0 Å². The molecule has 0 radical (unpaired) electrons. The number of rotatable bonds is 6. The van der Waals surface area contributed by atoms with Crippen LogP contribution < -0.4 is 5.43 Å². The van der Waals surface area contributed by atoms with E-state index in [1.54, 1.807) is 42.1 Å². The molecule has 0 saturated carbocycles. The second-order valence-corrected chi connectivity index (χ2v) is 10.6. The smallest absolute Gasteiger partial charge is 0.243 e. The maximum Gasteiger partial charge on any atom is 0.243 e. The van der Waals surface area contributed by atoms with Crippen molar-refractivity contribution in [3.63, 3.8) is 0 Å². The molecule has 1 fully saturated rings. The number of fused-ring (bicyclic) bond motifs is 1. The Morgan fingerprint density at radius 3 is 2.66 bits per heavy atom. The third kappa shape index (κ3) is 5.37. The number of hydrogen-bond donors (Lipinski definition) is 1. The van der Waals surface area contributed by atoms with Crippen molar-refractivity contribution < 1.29 is 22.3 Å². The van der Waals surface area contributed by atoms with Crippen LogP contribution in [0.3, 0.4) is 0 Å². The van der Waals surface area contributed by atoms with Gasteiger partial charge in [-0.1, -0.05) is 12.1 Å². The Hall–Kier alpha value is -2.27. The molecule has 10 heteroatoms. The summed E-state index contributed by atoms with van der Waals surface area (Å²) in [5.41, 5.74) is 4.81. The topological polar surface area (TPSA) is 88.1 Å². The Morgan fingerprint density at radius 1 is 1.16 bits per heavy atom. The first kappa shape index (κ1) is 22.9. The van der Waals surface area contributed by atoms with Crippen molar-refractivity contribution in [3.05, 3.63) is 59.4 Å². The Labute approximate surface area is 191 Å². The standard InChI is InChI=1S/C22H24FN3O4S2/c23-17-4-7-21-19(15-17)20(9-14-31-21)24-25-22(27)8-3-16-1-5-18(6-2-16)32(28,29)26-10-12-30-13-11-26/h1-2,4-7,15H,3,8-14H2,(H,25,27). The fraction of sp³-hybridized carbons (Fsp3) is 0.364. The highest BCUT2D eigenvalue weighted by atomic mass is 32.2. The number of halogens is 1. The summed E-state index contributed by atoms with van der Waals surface area (Å²) in [6, 6.07) is 11.2. The fourth-order valence-electron chi connectivity index (χ4n) is 3.57. The van der Waals surface area contributed by atoms with Crippen LogP contribution in [0.2, 0.25) is 0 Å². The zero-order chi connectivity index (χ0) is 22.6. The molecule has 0 unspecified atom stereocenters. The molecular weight excluding hydrogens is 453 g/mol. The summed E-state index contributed by atoms with van der Waals surface area (Å²) in [7, 11) is -3.53. The molecule has 2 aromatic carbocycles. The van der Waals surface area contributed by atoms with Gasteiger partial charge in [0, 0.05) is 42.1 Å². The van der Waals surface area contributed by atoms with E-state index in [0.29, 0.717) is 44.9 Å². The van der Waals surface area contributed by atoms with Gasteiger partial charge in [0.2, 0.25) is 15.9 Å². The van der Waals surface area contributed by atoms with Gasteiger partial charge in [-0.25, -0.2) is 18.2 Å². The third-order valence-electron chi connectivity index (χ3n) is 5.34. The zero-order valence-electron chi connectivity index (χ0n) is 17.4. The number of aryl methyl sites for hydroxylation is 1. The average molecular weight is 478 g/mol. The van der Waals surface area contributed by atoms with E-state index in [9.17, 15) is 17.6 Å². The number of nitrogens with one attached hydrogen (secondary N) is 1. The summed E-state index contributed by atoms with van der Waals surface area (Å²) in [5.74, 6) is 0.246. The average Bonchev–Trinajstić information content (AvgIpc) is 2.82. The van der Waals surface area contributed by atoms with Crippen LogP contribution in [-0.2, 0) is 26.0 Å². The Morgan fingerprint density at radius 2 is 1.91 bits per heavy atom. The minimum atomic E-state index is -3.53. The van der Waals surface area contributed by atoms with Crippen molar-refractivity contribution in [2.24, 2.45) is 5.10 Å². The maximum absolute atomic E-state index is 13.6. The molecule has 0 spiro atoms. The van der Waals surface area contributed by atoms with E-state index in [1.807, 2.05) is 0 Å². The predicted molar refractivity (Wildman–Crippen MR) is 121 cm³/mol. The quantitative estimate of drug-likeness (QED) is 0.647. The van der Waals surface area contributed by atoms with E-state index < -0.39 is 10.0 Å². The number of carbonyl (C=O) groups excluding carboxylic acids is 1. The summed E-state index contributed by atoms with van der Waals surface area (Å²) in [6.07, 6.45) is 1.31. The summed E-state index contributed by atoms with van der Waals surface area (Å²) in [4.78, 5) is 13.5. The molecule has 0 bridgehead atoms. The molecule has 2 aromatic rings. The number of morpholine rings is 1. The summed E-state index contributed by atoms with van der Waals surface area (Å²) in [6.45, 7) is 1.50. The molecule has 2 aliphatic rings. The summed E-state index contributed by atoms with van der Waals surface area (Å²) < 4.78 is 45.6. The second-order valence-electron chi connectivity index (χ2n) is 7.49. The van der Waals surface area contributed by atoms with Crippen LogP contribution in [-0.4, -0.2) is 56.4 Å². The van der Waals surface area contributed by atoms with E-state index in [0.717, 1.165) is 21.8 Å². The van der Waals surface area contributed by atoms with Gasteiger partial charge in [0.05, 0.1) is 23.8 Å². The molecule has 2 heterocycles. The number of hydrazone groups is 1. The van der Waals surface area contributed by atoms with Gasteiger partial charge in [-0.3, -0.25) is 4.79 Å². The van der Waals surface area contributed by atoms with Crippen LogP contribution in [0.25, 0.3) is 0 Å². The lowest BCUT2D eigenvalue weighted by Gasteiger charge is -2.26. The van der Waals surface area contributed by atoms with Gasteiger partial charge < -0.3 is 4.74 Å². The predicted octanol–water partition coefficient (Wildman–Crippen LogP) is 2.80. The van der Waals surface area contributed by atoms with Crippen molar-refractivity contribution in [3.8, 4) is 0 Å². The molecule has 1 N–H and O–H groups in total. The van der Waals surface area contributed by atoms with Crippen LogP contribution in [0.5, 0.6) is 0 Å². The van der Waals surface area contributed by atoms with Crippen LogP contribution in [0, 0.1) is 5.82 Å². The zero-order valence-corrected chi connectivity index (χ0v) is 19.1. The first-order chi connectivity index (χ1) is 15.4. The van der Waals surface area contributed by atoms with E-state index in [2.05, 4.69) is 10.5 Å². The summed E-state index contributed by atoms with van der Waals surface area (Å²) in [5, 5.41) is 4.22. The number of thioether (sulfide) groups is 1. The number of nitrogens with zero attached hydrogens (tertiary/aromatic N) is 2. The molecule has 0 aromatic heterocycles. The van der Waals surface area contributed by atoms with Gasteiger partial charge in [-0.15, -0.1) is 11.8 Å². The number of sulfonamides is 1. The van der Waals surface area contributed by atoms with Gasteiger partial charge >= 0.3 is 0 Å². The molecule has 32 heavy (non-hydrogen) atoms. The summed E-state index contributed by atoms with van der Waals surface area (Å²) >= 11 is 1.64. The Balaban J connectivity index is 1.33. The molecule has 0 aliphatic carbocycles. The van der Waals surface area contributed by atoms with E-state index >= 15 is 0 Å². The highest BCUT2D eigenvalue weighted by Crippen LogP contribution is 2.30. The van der Waals surface area contributed by atoms with Gasteiger partial charge in [0.25, 0.3) is 0 Å². The number of amides is 1. The van der Waals surface area contributed by atoms with Crippen molar-refractivity contribution in [1.82, 2.24) is 9.73 Å². The Kier molecular flexibility index (Phi) is 7.24. The van der Waals surface area contributed by atoms with Gasteiger partial charge in [-0.2, -0.15) is 9.41 Å². The van der Waals surface area contributed by atoms with Gasteiger partial charge in [0.15, 0.2) is 0 Å². The van der Waals surface area contributed by atoms with Crippen LogP contribution in [0.15, 0.2) is 57.4 Å². The number of carbonyl (C=O) groups is 1. The second kappa shape index (κ2) is 10.1. The number of ether oxygens (including phenoxy) is 1. The SMILES string of the molecule is O=C(CCc1ccc(S(=O)(=O)N2CCOCC2)cc1)NN=C1CCSc2ccc(F)cc21. The first-order valence-electron chi connectivity index (χ1n) is 10.4. The van der Waals surface area contributed by atoms with Gasteiger partial charge in [-0.05, 0) is 42.3 Å². The van der Waals surface area contributed by atoms with Crippen molar-refractivity contribution >= 4 is 33.4 Å². The lowest BCUT2D eigenvalue weighted by atomic mass is 10.1. The highest BCUT2D eigenvalue weighted by Gasteiger charge is 2.26. The van der Waals surface area contributed by atoms with Crippen molar-refractivity contribution in [2.75, 3.05) is 32.1 Å². The fourth-order valence-corrected chi connectivity index (χ4v) is 5.99. The van der Waals surface area contributed by atoms with Crippen molar-refractivity contribution in [1.29, 1.82) is 0 Å². The molecule has 0 atom stereocenters. The lowest BCUT2D eigenvalue weighted by Crippen LogP contribution is -2.40. The minimum Gasteiger partial charge on any atom is -0.379 e. The van der Waals surface area contributed by atoms with Crippen LogP contribution in [0.1, 0.15) is 24.0 Å². The first-order valence-corrected chi connectivity index (χ1v) is 12.8. The van der Waals surface area contributed by atoms with Crippen molar-refractivity contribution in [2.45, 2.75) is 29.1 Å². The largest absolute Gasteiger partial charge is 0.379 e. The molecule has 4 rings (SSSR count). The molecular formula is C22H24FN3O4S2. The lowest BCUT2D eigenvalue weighted by molar-refractivity contribution is -0.121. The van der Waals surface area contributed by atoms with E-state index in [1.165, 1.54) is 16.4 Å². The maximum atomic E-state index is 13.6. The van der Waals surface area contributed by atoms with Gasteiger partial charge in [0.1, 0.15) is 5.82 Å². The third-order valence-corrected chi connectivity index (χ3v) is 8.32. The van der Waals surface area contributed by atoms with E-state index in [4.69, 9.17) is 4.74 Å². The monoisotopic (exact) mass is 477 g/mol. The molecule has 7 nitrogen and oxygen atoms in total. The normalized spacial score (nSPS) is 18.3. The molecule has 2 aliphatic heterocycles. The highest BCUT2D eigenvalue weighted by molar-refractivity contribution is 7.99. The number of benzene rings is 2. The molecule has 1 amide bonds. The van der Waals surface area contributed by atoms with Crippen LogP contribution in [0.4, 0.5) is 4.39 Å². The molecule has 170 valence electrons. The van der Waals surface area contributed by atoms with Crippen LogP contribution >= 0.6 is 11.8 Å². The number of hydrogen-bond acceptors (Lipinski definition) is 6. The molecule has 1 saturated heterocycles. The Bertz CT molecular complexity index is 1110. The minimum absolute atomic E-state index is 0.205.